The van der Waals surface area contributed by atoms with Gasteiger partial charge in [-0.25, -0.2) is 0 Å². The monoisotopic (exact) mass is 360 g/mol. The Labute approximate surface area is 136 Å². The summed E-state index contributed by atoms with van der Waals surface area (Å²) in [5.41, 5.74) is 2.80. The van der Waals surface area contributed by atoms with E-state index in [0.717, 1.165) is 12.6 Å². The summed E-state index contributed by atoms with van der Waals surface area (Å²) >= 11 is 0. The molecule has 0 aliphatic rings. The minimum atomic E-state index is -4.55. The molecule has 0 aromatic heterocycles. The zero-order valence-corrected chi connectivity index (χ0v) is 12.7. The van der Waals surface area contributed by atoms with Crippen LogP contribution in [0.1, 0.15) is 12.5 Å². The third-order valence-corrected chi connectivity index (χ3v) is 1.94. The summed E-state index contributed by atoms with van der Waals surface area (Å²) in [6.45, 7) is 8.08. The molecule has 0 spiro atoms. The molecule has 0 saturated carbocycles. The maximum absolute atomic E-state index is 12.0. The van der Waals surface area contributed by atoms with Gasteiger partial charge in [0.15, 0.2) is 0 Å². The lowest BCUT2D eigenvalue weighted by atomic mass is 10.1. The van der Waals surface area contributed by atoms with Crippen molar-refractivity contribution in [2.75, 3.05) is 6.54 Å². The van der Waals surface area contributed by atoms with Crippen LogP contribution in [0.25, 0.3) is 5.57 Å². The molecule has 0 atom stereocenters. The first kappa shape index (κ1) is 23.9. The number of hydrogen-bond donors (Lipinski definition) is 1. The third-order valence-electron chi connectivity index (χ3n) is 1.94. The normalized spacial score (nSPS) is 10.1. The van der Waals surface area contributed by atoms with E-state index in [9.17, 15) is 26.3 Å². The molecule has 1 rings (SSSR count). The van der Waals surface area contributed by atoms with Gasteiger partial charge in [-0.3, -0.25) is 4.72 Å². The molecule has 136 valence electrons. The van der Waals surface area contributed by atoms with Crippen molar-refractivity contribution in [1.29, 1.82) is 6.71 Å². The molecule has 2 nitrogen and oxygen atoms in total. The topological polar surface area (TPSA) is 49.8 Å². The van der Waals surface area contributed by atoms with E-state index in [0.29, 0.717) is 0 Å². The van der Waals surface area contributed by atoms with E-state index in [2.05, 4.69) is 14.6 Å². The highest BCUT2D eigenvalue weighted by atomic mass is 19.4. The molecular formula is C15H17F7N2. The van der Waals surface area contributed by atoms with Crippen LogP contribution in [0.3, 0.4) is 0 Å². The highest BCUT2D eigenvalue weighted by molar-refractivity contribution is 5.67. The molecule has 2 N–H and O–H groups in total. The Bertz CT molecular complexity index is 532. The molecule has 0 saturated heterocycles. The van der Waals surface area contributed by atoms with Gasteiger partial charge in [-0.15, -0.1) is 0 Å². The second-order valence-corrected chi connectivity index (χ2v) is 3.84. The quantitative estimate of drug-likeness (QED) is 0.565. The predicted molar refractivity (Wildman–Crippen MR) is 79.6 cm³/mol. The number of allylic oxidation sites excluding steroid dienone is 2. The third kappa shape index (κ3) is 12.2. The number of halogens is 7. The molecule has 0 amide bonds. The van der Waals surface area contributed by atoms with E-state index in [1.807, 2.05) is 6.92 Å². The number of hydrogen-bond acceptors (Lipinski definition) is 2. The maximum Gasteiger partial charge on any atom is 0.425 e. The minimum absolute atomic E-state index is 0.116. The molecule has 9 heteroatoms. The Kier molecular flexibility index (Phi) is 12.1. The summed E-state index contributed by atoms with van der Waals surface area (Å²) in [5.74, 6) is 0. The molecule has 0 aliphatic carbocycles. The second-order valence-electron chi connectivity index (χ2n) is 3.84. The Hall–Kier alpha value is -2.34. The van der Waals surface area contributed by atoms with Crippen LogP contribution in [0.5, 0.6) is 0 Å². The molecule has 24 heavy (non-hydrogen) atoms. The van der Waals surface area contributed by atoms with E-state index >= 15 is 0 Å². The Morgan fingerprint density at radius 3 is 1.71 bits per heavy atom. The SMILES string of the molecule is C=C(C#N)C(F)(F)F.C=C(c1ccccc1)C(F)(F)F.CCN.[3H]F. The zero-order chi connectivity index (χ0) is 20.7. The van der Waals surface area contributed by atoms with Crippen molar-refractivity contribution in [2.45, 2.75) is 19.3 Å². The fraction of sp³-hybridized carbons (Fsp3) is 0.267. The Balaban J connectivity index is -0.000000323. The van der Waals surface area contributed by atoms with E-state index in [1.54, 1.807) is 18.2 Å². The van der Waals surface area contributed by atoms with E-state index in [-0.39, 0.29) is 5.56 Å². The highest BCUT2D eigenvalue weighted by Crippen LogP contribution is 2.31. The van der Waals surface area contributed by atoms with Gasteiger partial charge in [0.2, 0.25) is 0 Å². The average Bonchev–Trinajstić information content (AvgIpc) is 2.55. The summed E-state index contributed by atoms with van der Waals surface area (Å²) in [5, 5.41) is 7.60. The first-order valence-corrected chi connectivity index (χ1v) is 6.09. The molecule has 1 aromatic rings. The maximum atomic E-state index is 12.0. The molecule has 0 heterocycles. The van der Waals surface area contributed by atoms with Crippen LogP contribution in [0.2, 0.25) is 0 Å². The number of nitrogens with zero attached hydrogens (tertiary/aromatic N) is 1. The molecule has 0 aliphatic heterocycles. The molecular weight excluding hydrogens is 341 g/mol. The van der Waals surface area contributed by atoms with Crippen molar-refractivity contribution in [3.63, 3.8) is 0 Å². The Morgan fingerprint density at radius 2 is 1.50 bits per heavy atom. The van der Waals surface area contributed by atoms with Gasteiger partial charge in [0, 0.05) is 0 Å². The van der Waals surface area contributed by atoms with Crippen LogP contribution in [0, 0.1) is 11.3 Å². The van der Waals surface area contributed by atoms with Crippen molar-refractivity contribution < 1.29 is 31.1 Å². The van der Waals surface area contributed by atoms with Gasteiger partial charge in [0.05, 0.1) is 5.57 Å². The zero-order valence-electron chi connectivity index (χ0n) is 13.7. The Morgan fingerprint density at radius 1 is 1.12 bits per heavy atom. The van der Waals surface area contributed by atoms with Crippen LogP contribution >= 0.6 is 0 Å². The number of benzene rings is 1. The van der Waals surface area contributed by atoms with Gasteiger partial charge in [-0.05, 0) is 12.1 Å². The van der Waals surface area contributed by atoms with Gasteiger partial charge < -0.3 is 5.73 Å². The fourth-order valence-electron chi connectivity index (χ4n) is 0.866. The predicted octanol–water partition coefficient (Wildman–Crippen LogP) is 5.01. The largest absolute Gasteiger partial charge is 0.425 e. The van der Waals surface area contributed by atoms with Crippen LogP contribution in [-0.2, 0) is 0 Å². The van der Waals surface area contributed by atoms with Gasteiger partial charge in [0.25, 0.3) is 1.45 Å². The van der Waals surface area contributed by atoms with Crippen molar-refractivity contribution in [1.82, 2.24) is 0 Å². The molecule has 0 unspecified atom stereocenters. The van der Waals surface area contributed by atoms with Gasteiger partial charge in [-0.2, -0.15) is 31.6 Å². The van der Waals surface area contributed by atoms with E-state index < -0.39 is 23.5 Å². The van der Waals surface area contributed by atoms with E-state index in [4.69, 9.17) is 15.7 Å². The van der Waals surface area contributed by atoms with Crippen LogP contribution < -0.4 is 5.73 Å². The molecule has 0 bridgehead atoms. The first-order chi connectivity index (χ1) is 11.4. The molecule has 0 fully saturated rings. The summed E-state index contributed by atoms with van der Waals surface area (Å²) in [7, 11) is 0. The van der Waals surface area contributed by atoms with Crippen molar-refractivity contribution in [3.05, 3.63) is 54.6 Å². The fourth-order valence-corrected chi connectivity index (χ4v) is 0.866. The van der Waals surface area contributed by atoms with Crippen molar-refractivity contribution in [3.8, 4) is 6.07 Å². The summed E-state index contributed by atoms with van der Waals surface area (Å²) in [4.78, 5) is 0. The lowest BCUT2D eigenvalue weighted by Crippen LogP contribution is -2.09. The van der Waals surface area contributed by atoms with Gasteiger partial charge >= 0.3 is 12.4 Å². The standard InChI is InChI=1S/C9H7F3.C4H2F3N.C2H7N.FH/c1-7(9(10,11)12)8-5-3-2-4-6-8;1-3(2-8)4(5,6)7;1-2-3;/h2-6H,1H2;1H2;2-3H2,1H3;1H/i/hT. The van der Waals surface area contributed by atoms with Crippen LogP contribution in [0.15, 0.2) is 49.1 Å². The number of alkyl halides is 6. The van der Waals surface area contributed by atoms with Crippen LogP contribution in [-0.4, -0.2) is 20.3 Å². The first-order valence-electron chi connectivity index (χ1n) is 6.47. The van der Waals surface area contributed by atoms with Crippen molar-refractivity contribution >= 4 is 5.57 Å². The summed E-state index contributed by atoms with van der Waals surface area (Å²) < 4.78 is 82.5. The second kappa shape index (κ2) is 12.1. The van der Waals surface area contributed by atoms with Gasteiger partial charge in [-0.1, -0.05) is 50.4 Å². The smallest absolute Gasteiger partial charge is 0.331 e. The lowest BCUT2D eigenvalue weighted by Gasteiger charge is -2.08. The molecule has 0 radical (unpaired) electrons. The number of nitriles is 1. The lowest BCUT2D eigenvalue weighted by molar-refractivity contribution is -0.0870. The summed E-state index contributed by atoms with van der Waals surface area (Å²) in [6.07, 6.45) is -8.88. The highest BCUT2D eigenvalue weighted by Gasteiger charge is 2.32. The summed E-state index contributed by atoms with van der Waals surface area (Å²) in [6, 6.07) is 8.41. The molecule has 1 aromatic carbocycles. The minimum Gasteiger partial charge on any atom is -0.331 e. The van der Waals surface area contributed by atoms with Gasteiger partial charge in [0.1, 0.15) is 11.6 Å². The average molecular weight is 360 g/mol. The number of nitrogens with two attached hydrogens (primary N) is 1. The van der Waals surface area contributed by atoms with E-state index in [1.165, 1.54) is 12.1 Å². The number of rotatable bonds is 1. The van der Waals surface area contributed by atoms with Crippen LogP contribution in [0.4, 0.5) is 31.1 Å². The van der Waals surface area contributed by atoms with Crippen molar-refractivity contribution in [2.24, 2.45) is 5.73 Å².